The summed E-state index contributed by atoms with van der Waals surface area (Å²) in [4.78, 5) is 29.1. The van der Waals surface area contributed by atoms with E-state index in [4.69, 9.17) is 42.1 Å². The predicted octanol–water partition coefficient (Wildman–Crippen LogP) is 6.60. The van der Waals surface area contributed by atoms with Crippen molar-refractivity contribution in [3.8, 4) is 11.5 Å². The van der Waals surface area contributed by atoms with E-state index in [0.717, 1.165) is 25.8 Å². The Labute approximate surface area is 233 Å². The summed E-state index contributed by atoms with van der Waals surface area (Å²) in [6, 6.07) is 9.01. The molecule has 0 N–H and O–H groups in total. The summed E-state index contributed by atoms with van der Waals surface area (Å²) in [6.07, 6.45) is 1.31. The Morgan fingerprint density at radius 3 is 2.31 bits per heavy atom. The molecule has 2 atom stereocenters. The van der Waals surface area contributed by atoms with Gasteiger partial charge in [0.05, 0.1) is 23.8 Å². The number of pyridine rings is 1. The van der Waals surface area contributed by atoms with Gasteiger partial charge in [-0.1, -0.05) is 53.5 Å². The Balaban J connectivity index is 1.77. The van der Waals surface area contributed by atoms with Gasteiger partial charge in [0.15, 0.2) is 17.4 Å². The van der Waals surface area contributed by atoms with Crippen LogP contribution in [0.3, 0.4) is 0 Å². The van der Waals surface area contributed by atoms with Crippen LogP contribution < -0.4 is 9.47 Å². The van der Waals surface area contributed by atoms with Crippen LogP contribution in [0.25, 0.3) is 0 Å². The van der Waals surface area contributed by atoms with Crippen LogP contribution in [-0.2, 0) is 25.5 Å². The van der Waals surface area contributed by atoms with Crippen molar-refractivity contribution in [3.63, 3.8) is 0 Å². The van der Waals surface area contributed by atoms with Crippen LogP contribution >= 0.6 is 23.2 Å². The zero-order valence-corrected chi connectivity index (χ0v) is 22.6. The van der Waals surface area contributed by atoms with E-state index >= 15 is 8.78 Å². The number of nitrogens with zero attached hydrogens (tertiary/aromatic N) is 1. The SMILES string of the molecule is COc1c(F)cc(C(Cc2c(Cl)cncc2Cl)OC(=O)C(OC(C)=O)c2ccccc2)c(F)c1OCC1CC1. The fourth-order valence-electron chi connectivity index (χ4n) is 3.93. The van der Waals surface area contributed by atoms with E-state index in [9.17, 15) is 9.59 Å². The smallest absolute Gasteiger partial charge is 0.352 e. The maximum Gasteiger partial charge on any atom is 0.352 e. The Morgan fingerprint density at radius 2 is 1.72 bits per heavy atom. The van der Waals surface area contributed by atoms with Gasteiger partial charge in [-0.25, -0.2) is 13.6 Å². The molecule has 7 nitrogen and oxygen atoms in total. The number of hydrogen-bond acceptors (Lipinski definition) is 7. The lowest BCUT2D eigenvalue weighted by molar-refractivity contribution is -0.171. The number of halogens is 4. The summed E-state index contributed by atoms with van der Waals surface area (Å²) in [6.45, 7) is 1.31. The highest BCUT2D eigenvalue weighted by Crippen LogP contribution is 2.42. The third-order valence-corrected chi connectivity index (χ3v) is 6.72. The van der Waals surface area contributed by atoms with E-state index < -0.39 is 47.3 Å². The summed E-state index contributed by atoms with van der Waals surface area (Å²) in [5, 5.41) is 0.255. The minimum atomic E-state index is -1.47. The van der Waals surface area contributed by atoms with Gasteiger partial charge >= 0.3 is 11.9 Å². The second kappa shape index (κ2) is 12.6. The van der Waals surface area contributed by atoms with E-state index in [1.807, 2.05) is 0 Å². The maximum atomic E-state index is 16.0. The van der Waals surface area contributed by atoms with Crippen LogP contribution in [0.5, 0.6) is 11.5 Å². The molecule has 1 fully saturated rings. The number of benzene rings is 2. The minimum absolute atomic E-state index is 0.128. The molecule has 3 aromatic rings. The standard InChI is InChI=1S/C28H25Cl2F2NO6/c1-15(34)38-25(17-6-4-3-5-7-17)28(35)39-23(11-18-20(29)12-33-13-21(18)30)19-10-22(31)26(36-2)27(24(19)32)37-14-16-8-9-16/h3-7,10,12-13,16,23,25H,8-9,11,14H2,1-2H3. The average Bonchev–Trinajstić information content (AvgIpc) is 3.74. The summed E-state index contributed by atoms with van der Waals surface area (Å²) in [5.74, 6) is -4.27. The molecule has 2 unspecified atom stereocenters. The largest absolute Gasteiger partial charge is 0.490 e. The van der Waals surface area contributed by atoms with E-state index in [2.05, 4.69) is 4.98 Å². The van der Waals surface area contributed by atoms with Crippen LogP contribution in [0.15, 0.2) is 48.8 Å². The quantitative estimate of drug-likeness (QED) is 0.237. The van der Waals surface area contributed by atoms with Crippen LogP contribution in [0, 0.1) is 17.6 Å². The van der Waals surface area contributed by atoms with Crippen molar-refractivity contribution in [2.75, 3.05) is 13.7 Å². The van der Waals surface area contributed by atoms with Crippen LogP contribution in [0.4, 0.5) is 8.78 Å². The number of esters is 2. The number of carbonyl (C=O) groups excluding carboxylic acids is 2. The van der Waals surface area contributed by atoms with Crippen molar-refractivity contribution in [1.82, 2.24) is 4.98 Å². The van der Waals surface area contributed by atoms with Gasteiger partial charge in [-0.2, -0.15) is 0 Å². The van der Waals surface area contributed by atoms with Crippen molar-refractivity contribution in [2.45, 2.75) is 38.4 Å². The molecule has 1 heterocycles. The molecule has 0 amide bonds. The minimum Gasteiger partial charge on any atom is -0.490 e. The lowest BCUT2D eigenvalue weighted by atomic mass is 9.99. The first-order valence-electron chi connectivity index (χ1n) is 12.1. The molecule has 0 saturated heterocycles. The molecule has 1 saturated carbocycles. The molecule has 1 aliphatic carbocycles. The van der Waals surface area contributed by atoms with Crippen molar-refractivity contribution < 1.29 is 37.3 Å². The normalized spacial score (nSPS) is 14.3. The Morgan fingerprint density at radius 1 is 1.05 bits per heavy atom. The third kappa shape index (κ3) is 6.96. The van der Waals surface area contributed by atoms with Crippen molar-refractivity contribution in [3.05, 3.63) is 87.2 Å². The molecule has 1 aromatic heterocycles. The lowest BCUT2D eigenvalue weighted by Gasteiger charge is -2.24. The van der Waals surface area contributed by atoms with Crippen LogP contribution in [0.1, 0.15) is 48.7 Å². The number of methoxy groups -OCH3 is 1. The number of ether oxygens (including phenoxy) is 4. The zero-order chi connectivity index (χ0) is 28.1. The fraction of sp³-hybridized carbons (Fsp3) is 0.321. The highest BCUT2D eigenvalue weighted by molar-refractivity contribution is 6.35. The average molecular weight is 580 g/mol. The zero-order valence-electron chi connectivity index (χ0n) is 21.1. The first kappa shape index (κ1) is 28.6. The molecule has 0 spiro atoms. The van der Waals surface area contributed by atoms with Gasteiger partial charge in [0.25, 0.3) is 0 Å². The molecule has 0 radical (unpaired) electrons. The van der Waals surface area contributed by atoms with Gasteiger partial charge in [0.1, 0.15) is 6.10 Å². The molecule has 0 bridgehead atoms. The number of aromatic nitrogens is 1. The molecular weight excluding hydrogens is 555 g/mol. The van der Waals surface area contributed by atoms with E-state index in [-0.39, 0.29) is 40.1 Å². The topological polar surface area (TPSA) is 84.0 Å². The van der Waals surface area contributed by atoms with Gasteiger partial charge in [-0.05, 0) is 30.4 Å². The molecular formula is C28H25Cl2F2NO6. The van der Waals surface area contributed by atoms with E-state index in [0.29, 0.717) is 5.56 Å². The number of carbonyl (C=O) groups is 2. The first-order chi connectivity index (χ1) is 18.7. The summed E-state index contributed by atoms with van der Waals surface area (Å²) in [5.41, 5.74) is 0.267. The van der Waals surface area contributed by atoms with Gasteiger partial charge < -0.3 is 18.9 Å². The van der Waals surface area contributed by atoms with Crippen LogP contribution in [0.2, 0.25) is 10.0 Å². The monoisotopic (exact) mass is 579 g/mol. The maximum absolute atomic E-state index is 16.0. The first-order valence-corrected chi connectivity index (χ1v) is 12.8. The van der Waals surface area contributed by atoms with E-state index in [1.54, 1.807) is 30.3 Å². The molecule has 1 aliphatic rings. The Hall–Kier alpha value is -3.43. The molecule has 39 heavy (non-hydrogen) atoms. The highest BCUT2D eigenvalue weighted by atomic mass is 35.5. The summed E-state index contributed by atoms with van der Waals surface area (Å²) in [7, 11) is 1.19. The van der Waals surface area contributed by atoms with Gasteiger partial charge in [0.2, 0.25) is 11.9 Å². The van der Waals surface area contributed by atoms with Gasteiger partial charge in [0, 0.05) is 36.9 Å². The molecule has 11 heteroatoms. The molecule has 4 rings (SSSR count). The number of rotatable bonds is 11. The summed E-state index contributed by atoms with van der Waals surface area (Å²) < 4.78 is 52.8. The highest BCUT2D eigenvalue weighted by Gasteiger charge is 2.34. The van der Waals surface area contributed by atoms with Crippen LogP contribution in [-0.4, -0.2) is 30.6 Å². The molecule has 0 aliphatic heterocycles. The summed E-state index contributed by atoms with van der Waals surface area (Å²) >= 11 is 12.6. The number of hydrogen-bond donors (Lipinski definition) is 0. The molecule has 2 aromatic carbocycles. The van der Waals surface area contributed by atoms with Gasteiger partial charge in [-0.3, -0.25) is 9.78 Å². The lowest BCUT2D eigenvalue weighted by Crippen LogP contribution is -2.24. The van der Waals surface area contributed by atoms with E-state index in [1.165, 1.54) is 19.5 Å². The van der Waals surface area contributed by atoms with Gasteiger partial charge in [-0.15, -0.1) is 0 Å². The molecule has 206 valence electrons. The Kier molecular flexibility index (Phi) is 9.24. The van der Waals surface area contributed by atoms with Crippen molar-refractivity contribution in [1.29, 1.82) is 0 Å². The van der Waals surface area contributed by atoms with Crippen molar-refractivity contribution >= 4 is 35.1 Å². The Bertz CT molecular complexity index is 1330. The predicted molar refractivity (Wildman–Crippen MR) is 139 cm³/mol. The van der Waals surface area contributed by atoms with Crippen molar-refractivity contribution in [2.24, 2.45) is 5.92 Å². The second-order valence-electron chi connectivity index (χ2n) is 8.99. The third-order valence-electron chi connectivity index (χ3n) is 6.07. The fourth-order valence-corrected chi connectivity index (χ4v) is 4.44. The second-order valence-corrected chi connectivity index (χ2v) is 9.80.